The van der Waals surface area contributed by atoms with Crippen molar-refractivity contribution in [3.8, 4) is 11.8 Å². The topological polar surface area (TPSA) is 75.5 Å². The fourth-order valence-electron chi connectivity index (χ4n) is 5.76. The minimum absolute atomic E-state index is 0.115. The summed E-state index contributed by atoms with van der Waals surface area (Å²) in [6.45, 7) is 4.42. The minimum atomic E-state index is -0.374. The average molecular weight is 523 g/mol. The molecule has 39 heavy (non-hydrogen) atoms. The zero-order valence-electron chi connectivity index (χ0n) is 22.0. The number of aliphatic imine (C=N–C) groups is 1. The van der Waals surface area contributed by atoms with Crippen LogP contribution in [0.5, 0.6) is 11.8 Å². The number of amidine groups is 1. The van der Waals surface area contributed by atoms with Crippen molar-refractivity contribution in [1.29, 1.82) is 0 Å². The Labute approximate surface area is 227 Å². The summed E-state index contributed by atoms with van der Waals surface area (Å²) < 4.78 is 21.4. The second-order valence-electron chi connectivity index (χ2n) is 10.9. The van der Waals surface area contributed by atoms with Crippen molar-refractivity contribution in [3.63, 3.8) is 0 Å². The van der Waals surface area contributed by atoms with Crippen LogP contribution in [-0.2, 0) is 6.42 Å². The Morgan fingerprint density at radius 1 is 1.00 bits per heavy atom. The van der Waals surface area contributed by atoms with Gasteiger partial charge in [-0.15, -0.1) is 0 Å². The molecule has 1 saturated carbocycles. The van der Waals surface area contributed by atoms with Crippen molar-refractivity contribution in [2.75, 3.05) is 29.9 Å². The number of piperidine rings is 1. The van der Waals surface area contributed by atoms with Crippen LogP contribution < -0.4 is 15.0 Å². The molecule has 8 heteroatoms. The number of allylic oxidation sites excluding steroid dienone is 1. The predicted molar refractivity (Wildman–Crippen MR) is 151 cm³/mol. The maximum atomic E-state index is 15.4. The van der Waals surface area contributed by atoms with Gasteiger partial charge in [0.15, 0.2) is 11.6 Å². The van der Waals surface area contributed by atoms with Crippen LogP contribution in [-0.4, -0.2) is 40.4 Å². The Morgan fingerprint density at radius 3 is 2.67 bits per heavy atom. The summed E-state index contributed by atoms with van der Waals surface area (Å²) in [5.74, 6) is 3.00. The first kappa shape index (κ1) is 24.0. The Morgan fingerprint density at radius 2 is 1.87 bits per heavy atom. The number of nitrogens with zero attached hydrogens (tertiary/aromatic N) is 5. The molecule has 0 unspecified atom stereocenters. The van der Waals surface area contributed by atoms with Crippen molar-refractivity contribution in [2.45, 2.75) is 44.9 Å². The molecule has 1 saturated heterocycles. The predicted octanol–water partition coefficient (Wildman–Crippen LogP) is 6.31. The highest BCUT2D eigenvalue weighted by Gasteiger charge is 2.28. The normalized spacial score (nSPS) is 18.9. The lowest BCUT2D eigenvalue weighted by Crippen LogP contribution is -2.34. The number of ether oxygens (including phenoxy) is 1. The Bertz CT molecular complexity index is 1500. The van der Waals surface area contributed by atoms with Gasteiger partial charge in [0.25, 0.3) is 0 Å². The summed E-state index contributed by atoms with van der Waals surface area (Å²) in [5.41, 5.74) is 5.22. The molecule has 0 atom stereocenters. The van der Waals surface area contributed by atoms with Gasteiger partial charge < -0.3 is 15.0 Å². The van der Waals surface area contributed by atoms with E-state index in [0.29, 0.717) is 23.2 Å². The van der Waals surface area contributed by atoms with Gasteiger partial charge in [-0.25, -0.2) is 4.39 Å². The van der Waals surface area contributed by atoms with Gasteiger partial charge >= 0.3 is 6.01 Å². The molecule has 0 spiro atoms. The van der Waals surface area contributed by atoms with E-state index in [9.17, 15) is 0 Å². The molecular weight excluding hydrogens is 491 g/mol. The van der Waals surface area contributed by atoms with Crippen molar-refractivity contribution in [3.05, 3.63) is 82.5 Å². The highest BCUT2D eigenvalue weighted by atomic mass is 19.1. The fourth-order valence-corrected chi connectivity index (χ4v) is 5.76. The molecule has 2 fully saturated rings. The molecule has 0 amide bonds. The minimum Gasteiger partial charge on any atom is -0.421 e. The standard InChI is InChI=1S/C31H31FN6O/c1-19-14-22-7-8-26(30(32)24(22)15-19)39-31-36-28(35-27-16-23(18-34-27)20-5-6-20)17-29(37-31)38-12-9-21(10-13-38)25-4-2-3-11-33-25/h2-4,7-8,11,15-17,20-21H,5-6,9-10,12-14,18H2,1H3,(H,34,35,36,37). The van der Waals surface area contributed by atoms with Gasteiger partial charge in [0, 0.05) is 42.5 Å². The molecule has 4 aliphatic rings. The number of aromatic nitrogens is 3. The number of halogens is 1. The van der Waals surface area contributed by atoms with Gasteiger partial charge in [-0.2, -0.15) is 9.97 Å². The van der Waals surface area contributed by atoms with Crippen LogP contribution in [0.4, 0.5) is 16.0 Å². The lowest BCUT2D eigenvalue weighted by molar-refractivity contribution is 0.409. The Hall–Kier alpha value is -4.07. The number of hydrogen-bond donors (Lipinski definition) is 1. The molecule has 2 aliphatic heterocycles. The van der Waals surface area contributed by atoms with Crippen molar-refractivity contribution < 1.29 is 9.13 Å². The number of nitrogens with one attached hydrogen (secondary N) is 1. The van der Waals surface area contributed by atoms with Crippen LogP contribution in [0.3, 0.4) is 0 Å². The fraction of sp³-hybridized carbons (Fsp3) is 0.355. The monoisotopic (exact) mass is 522 g/mol. The van der Waals surface area contributed by atoms with Gasteiger partial charge in [-0.05, 0) is 80.4 Å². The van der Waals surface area contributed by atoms with E-state index in [4.69, 9.17) is 9.72 Å². The van der Waals surface area contributed by atoms with Crippen LogP contribution in [0, 0.1) is 11.7 Å². The van der Waals surface area contributed by atoms with E-state index in [1.54, 1.807) is 6.07 Å². The summed E-state index contributed by atoms with van der Waals surface area (Å²) in [5, 5.41) is 3.36. The molecule has 1 aromatic carbocycles. The van der Waals surface area contributed by atoms with Gasteiger partial charge in [0.05, 0.1) is 6.54 Å². The van der Waals surface area contributed by atoms with E-state index in [1.165, 1.54) is 18.4 Å². The second-order valence-corrected chi connectivity index (χ2v) is 10.9. The SMILES string of the molecule is CC1=Cc2c(ccc(Oc3nc(NC4=NCC(C5CC5)=C4)cc(N4CCC(c5ccccn5)CC4)n3)c2F)C1. The number of pyridine rings is 1. The number of anilines is 2. The van der Waals surface area contributed by atoms with Crippen molar-refractivity contribution in [1.82, 2.24) is 15.0 Å². The highest BCUT2D eigenvalue weighted by molar-refractivity contribution is 6.05. The number of hydrogen-bond acceptors (Lipinski definition) is 7. The first-order valence-electron chi connectivity index (χ1n) is 13.8. The third-order valence-electron chi connectivity index (χ3n) is 8.02. The Kier molecular flexibility index (Phi) is 6.10. The number of benzene rings is 1. The molecule has 2 aliphatic carbocycles. The summed E-state index contributed by atoms with van der Waals surface area (Å²) in [6.07, 6.45) is 11.1. The zero-order chi connectivity index (χ0) is 26.3. The quantitative estimate of drug-likeness (QED) is 0.409. The molecule has 1 N–H and O–H groups in total. The van der Waals surface area contributed by atoms with E-state index in [1.807, 2.05) is 43.5 Å². The molecular formula is C31H31FN6O. The molecule has 198 valence electrons. The molecule has 3 aromatic rings. The first-order valence-corrected chi connectivity index (χ1v) is 13.8. The van der Waals surface area contributed by atoms with Crippen LogP contribution in [0.1, 0.15) is 55.3 Å². The van der Waals surface area contributed by atoms with Gasteiger partial charge in [0.1, 0.15) is 17.5 Å². The second kappa shape index (κ2) is 9.91. The van der Waals surface area contributed by atoms with Gasteiger partial charge in [-0.1, -0.05) is 23.8 Å². The largest absolute Gasteiger partial charge is 0.421 e. The van der Waals surface area contributed by atoms with Crippen LogP contribution >= 0.6 is 0 Å². The summed E-state index contributed by atoms with van der Waals surface area (Å²) in [7, 11) is 0. The molecule has 0 radical (unpaired) electrons. The lowest BCUT2D eigenvalue weighted by atomic mass is 9.93. The summed E-state index contributed by atoms with van der Waals surface area (Å²) in [6, 6.07) is 11.7. The smallest absolute Gasteiger partial charge is 0.326 e. The third kappa shape index (κ3) is 5.03. The molecule has 4 heterocycles. The molecule has 2 aromatic heterocycles. The van der Waals surface area contributed by atoms with Gasteiger partial charge in [0.2, 0.25) is 0 Å². The summed E-state index contributed by atoms with van der Waals surface area (Å²) >= 11 is 0. The average Bonchev–Trinajstić information content (AvgIpc) is 3.58. The zero-order valence-corrected chi connectivity index (χ0v) is 22.0. The van der Waals surface area contributed by atoms with E-state index < -0.39 is 0 Å². The maximum absolute atomic E-state index is 15.4. The van der Waals surface area contributed by atoms with E-state index in [-0.39, 0.29) is 17.6 Å². The molecule has 0 bridgehead atoms. The van der Waals surface area contributed by atoms with Crippen molar-refractivity contribution in [2.24, 2.45) is 10.9 Å². The molecule has 7 rings (SSSR count). The molecule has 7 nitrogen and oxygen atoms in total. The highest BCUT2D eigenvalue weighted by Crippen LogP contribution is 2.38. The number of rotatable bonds is 6. The van der Waals surface area contributed by atoms with Crippen molar-refractivity contribution >= 4 is 23.5 Å². The number of fused-ring (bicyclic) bond motifs is 1. The lowest BCUT2D eigenvalue weighted by Gasteiger charge is -2.32. The Balaban J connectivity index is 1.16. The van der Waals surface area contributed by atoms with E-state index in [0.717, 1.165) is 67.4 Å². The van der Waals surface area contributed by atoms with E-state index >= 15 is 4.39 Å². The van der Waals surface area contributed by atoms with Gasteiger partial charge in [-0.3, -0.25) is 9.98 Å². The first-order chi connectivity index (χ1) is 19.1. The van der Waals surface area contributed by atoms with Crippen LogP contribution in [0.25, 0.3) is 6.08 Å². The maximum Gasteiger partial charge on any atom is 0.326 e. The summed E-state index contributed by atoms with van der Waals surface area (Å²) in [4.78, 5) is 20.8. The van der Waals surface area contributed by atoms with Crippen LogP contribution in [0.2, 0.25) is 0 Å². The van der Waals surface area contributed by atoms with E-state index in [2.05, 4.69) is 37.3 Å². The third-order valence-corrected chi connectivity index (χ3v) is 8.02. The van der Waals surface area contributed by atoms with Crippen LogP contribution in [0.15, 0.2) is 64.8 Å².